The highest BCUT2D eigenvalue weighted by Gasteiger charge is 2.37. The molecule has 5 nitrogen and oxygen atoms in total. The maximum atomic E-state index is 11.8. The third-order valence-corrected chi connectivity index (χ3v) is 2.60. The molecular weight excluding hydrogens is 246 g/mol. The number of hydrogen-bond donors (Lipinski definition) is 1. The Labute approximate surface area is 115 Å². The van der Waals surface area contributed by atoms with E-state index in [0.29, 0.717) is 13.0 Å². The Bertz CT molecular complexity index is 333. The summed E-state index contributed by atoms with van der Waals surface area (Å²) in [5, 5.41) is 2.79. The molecule has 0 saturated carbocycles. The third kappa shape index (κ3) is 5.61. The van der Waals surface area contributed by atoms with Gasteiger partial charge in [-0.2, -0.15) is 0 Å². The van der Waals surface area contributed by atoms with Crippen LogP contribution in [0.1, 0.15) is 41.0 Å². The summed E-state index contributed by atoms with van der Waals surface area (Å²) in [5.41, 5.74) is -0.520. The molecule has 0 bridgehead atoms. The van der Waals surface area contributed by atoms with Gasteiger partial charge < -0.3 is 19.5 Å². The minimum absolute atomic E-state index is 0.159. The van der Waals surface area contributed by atoms with Crippen molar-refractivity contribution in [3.05, 3.63) is 12.7 Å². The molecule has 2 atom stereocenters. The molecular formula is C14H25NO4. The van der Waals surface area contributed by atoms with Crippen LogP contribution in [0.3, 0.4) is 0 Å². The highest BCUT2D eigenvalue weighted by atomic mass is 16.7. The monoisotopic (exact) mass is 271 g/mol. The molecule has 19 heavy (non-hydrogen) atoms. The summed E-state index contributed by atoms with van der Waals surface area (Å²) in [5.74, 6) is -0.639. The molecule has 1 amide bonds. The smallest absolute Gasteiger partial charge is 0.408 e. The number of ether oxygens (including phenoxy) is 3. The van der Waals surface area contributed by atoms with Crippen LogP contribution in [0.15, 0.2) is 12.7 Å². The second kappa shape index (κ2) is 5.92. The summed E-state index contributed by atoms with van der Waals surface area (Å²) < 4.78 is 16.6. The molecule has 1 fully saturated rings. The van der Waals surface area contributed by atoms with E-state index in [4.69, 9.17) is 14.2 Å². The van der Waals surface area contributed by atoms with Gasteiger partial charge in [0, 0.05) is 0 Å². The van der Waals surface area contributed by atoms with Crippen LogP contribution in [0.5, 0.6) is 0 Å². The summed E-state index contributed by atoms with van der Waals surface area (Å²) in [4.78, 5) is 11.8. The van der Waals surface area contributed by atoms with Crippen molar-refractivity contribution in [3.63, 3.8) is 0 Å². The maximum Gasteiger partial charge on any atom is 0.408 e. The predicted molar refractivity (Wildman–Crippen MR) is 72.9 cm³/mol. The first-order valence-corrected chi connectivity index (χ1v) is 6.55. The van der Waals surface area contributed by atoms with Gasteiger partial charge in [0.1, 0.15) is 5.60 Å². The Morgan fingerprint density at radius 3 is 2.68 bits per heavy atom. The minimum Gasteiger partial charge on any atom is -0.444 e. The van der Waals surface area contributed by atoms with Crippen LogP contribution in [-0.2, 0) is 14.2 Å². The summed E-state index contributed by atoms with van der Waals surface area (Å²) >= 11 is 0. The van der Waals surface area contributed by atoms with Crippen LogP contribution in [-0.4, -0.2) is 36.2 Å². The Balaban J connectivity index is 2.60. The summed E-state index contributed by atoms with van der Waals surface area (Å²) in [7, 11) is 0. The van der Waals surface area contributed by atoms with Crippen molar-refractivity contribution in [2.45, 2.75) is 64.6 Å². The zero-order chi connectivity index (χ0) is 14.7. The molecule has 1 saturated heterocycles. The van der Waals surface area contributed by atoms with Crippen LogP contribution in [0.4, 0.5) is 4.79 Å². The lowest BCUT2D eigenvalue weighted by Crippen LogP contribution is -2.56. The van der Waals surface area contributed by atoms with Gasteiger partial charge in [-0.3, -0.25) is 0 Å². The fourth-order valence-electron chi connectivity index (χ4n) is 1.85. The fourth-order valence-corrected chi connectivity index (χ4v) is 1.85. The SMILES string of the molecule is C=CC[C@@H]1OC(C)(C)OC[C@H]1NC(=O)OC(C)(C)C. The molecule has 1 heterocycles. The Kier molecular flexibility index (Phi) is 4.98. The molecule has 0 spiro atoms. The minimum atomic E-state index is -0.639. The molecule has 1 rings (SSSR count). The molecule has 1 N–H and O–H groups in total. The lowest BCUT2D eigenvalue weighted by Gasteiger charge is -2.41. The highest BCUT2D eigenvalue weighted by Crippen LogP contribution is 2.24. The number of amides is 1. The van der Waals surface area contributed by atoms with E-state index in [1.54, 1.807) is 6.08 Å². The van der Waals surface area contributed by atoms with Gasteiger partial charge in [0.15, 0.2) is 5.79 Å². The largest absolute Gasteiger partial charge is 0.444 e. The van der Waals surface area contributed by atoms with Crippen molar-refractivity contribution in [3.8, 4) is 0 Å². The second-order valence-corrected chi connectivity index (χ2v) is 6.14. The molecule has 0 unspecified atom stereocenters. The average Bonchev–Trinajstić information content (AvgIpc) is 2.19. The van der Waals surface area contributed by atoms with Gasteiger partial charge in [-0.05, 0) is 41.0 Å². The number of carbonyl (C=O) groups excluding carboxylic acids is 1. The van der Waals surface area contributed by atoms with Crippen LogP contribution >= 0.6 is 0 Å². The Morgan fingerprint density at radius 2 is 2.16 bits per heavy atom. The molecule has 110 valence electrons. The van der Waals surface area contributed by atoms with E-state index in [1.807, 2.05) is 34.6 Å². The van der Waals surface area contributed by atoms with E-state index in [0.717, 1.165) is 0 Å². The molecule has 0 aromatic rings. The molecule has 0 aromatic carbocycles. The quantitative estimate of drug-likeness (QED) is 0.802. The number of hydrogen-bond acceptors (Lipinski definition) is 4. The van der Waals surface area contributed by atoms with Crippen molar-refractivity contribution < 1.29 is 19.0 Å². The topological polar surface area (TPSA) is 56.8 Å². The van der Waals surface area contributed by atoms with Crippen LogP contribution in [0.25, 0.3) is 0 Å². The normalized spacial score (nSPS) is 26.6. The van der Waals surface area contributed by atoms with E-state index < -0.39 is 17.5 Å². The van der Waals surface area contributed by atoms with Gasteiger partial charge >= 0.3 is 6.09 Å². The van der Waals surface area contributed by atoms with Crippen molar-refractivity contribution in [1.29, 1.82) is 0 Å². The van der Waals surface area contributed by atoms with Crippen molar-refractivity contribution in [2.24, 2.45) is 0 Å². The standard InChI is InChI=1S/C14H25NO4/c1-7-8-11-10(9-17-14(5,6)18-11)15-12(16)19-13(2,3)4/h7,10-11H,1,8-9H2,2-6H3,(H,15,16)/t10-,11+/m1/s1. The second-order valence-electron chi connectivity index (χ2n) is 6.14. The lowest BCUT2D eigenvalue weighted by molar-refractivity contribution is -0.280. The number of alkyl carbamates (subject to hydrolysis) is 1. The van der Waals surface area contributed by atoms with Gasteiger partial charge in [-0.1, -0.05) is 6.08 Å². The van der Waals surface area contributed by atoms with E-state index in [-0.39, 0.29) is 12.1 Å². The van der Waals surface area contributed by atoms with Gasteiger partial charge in [0.2, 0.25) is 0 Å². The summed E-state index contributed by atoms with van der Waals surface area (Å²) in [6.45, 7) is 13.3. The van der Waals surface area contributed by atoms with Crippen LogP contribution in [0, 0.1) is 0 Å². The van der Waals surface area contributed by atoms with E-state index in [2.05, 4.69) is 11.9 Å². The van der Waals surface area contributed by atoms with Crippen molar-refractivity contribution >= 4 is 6.09 Å². The first kappa shape index (κ1) is 16.0. The average molecular weight is 271 g/mol. The van der Waals surface area contributed by atoms with Gasteiger partial charge in [-0.25, -0.2) is 4.79 Å². The number of carbonyl (C=O) groups is 1. The predicted octanol–water partition coefficient (Wildman–Crippen LogP) is 2.61. The van der Waals surface area contributed by atoms with E-state index in [1.165, 1.54) is 0 Å². The zero-order valence-corrected chi connectivity index (χ0v) is 12.5. The van der Waals surface area contributed by atoms with Crippen molar-refractivity contribution in [2.75, 3.05) is 6.61 Å². The van der Waals surface area contributed by atoms with Crippen LogP contribution in [0.2, 0.25) is 0 Å². The Hall–Kier alpha value is -1.07. The van der Waals surface area contributed by atoms with Gasteiger partial charge in [0.05, 0.1) is 18.8 Å². The molecule has 0 radical (unpaired) electrons. The number of nitrogens with one attached hydrogen (secondary N) is 1. The molecule has 0 aliphatic carbocycles. The summed E-state index contributed by atoms with van der Waals surface area (Å²) in [6, 6.07) is -0.235. The Morgan fingerprint density at radius 1 is 1.53 bits per heavy atom. The lowest BCUT2D eigenvalue weighted by atomic mass is 10.1. The number of rotatable bonds is 3. The first-order chi connectivity index (χ1) is 8.63. The summed E-state index contributed by atoms with van der Waals surface area (Å²) in [6.07, 6.45) is 1.80. The molecule has 0 aromatic heterocycles. The fraction of sp³-hybridized carbons (Fsp3) is 0.786. The van der Waals surface area contributed by atoms with Gasteiger partial charge in [-0.15, -0.1) is 6.58 Å². The van der Waals surface area contributed by atoms with E-state index >= 15 is 0 Å². The maximum absolute atomic E-state index is 11.8. The molecule has 5 heteroatoms. The highest BCUT2D eigenvalue weighted by molar-refractivity contribution is 5.68. The van der Waals surface area contributed by atoms with Crippen molar-refractivity contribution in [1.82, 2.24) is 5.32 Å². The third-order valence-electron chi connectivity index (χ3n) is 2.60. The first-order valence-electron chi connectivity index (χ1n) is 6.55. The zero-order valence-electron chi connectivity index (χ0n) is 12.5. The molecule has 1 aliphatic heterocycles. The van der Waals surface area contributed by atoms with Gasteiger partial charge in [0.25, 0.3) is 0 Å². The van der Waals surface area contributed by atoms with E-state index in [9.17, 15) is 4.79 Å². The van der Waals surface area contributed by atoms with Crippen LogP contribution < -0.4 is 5.32 Å². The molecule has 1 aliphatic rings.